The Balaban J connectivity index is 2.05. The minimum atomic E-state index is -0.333. The molecule has 0 amide bonds. The topological polar surface area (TPSA) is 20.2 Å². The van der Waals surface area contributed by atoms with Crippen LogP contribution in [0.5, 0.6) is 0 Å². The molecule has 1 nitrogen and oxygen atoms in total. The quantitative estimate of drug-likeness (QED) is 0.638. The van der Waals surface area contributed by atoms with Crippen molar-refractivity contribution in [1.82, 2.24) is 0 Å². The zero-order valence-electron chi connectivity index (χ0n) is 8.43. The zero-order valence-corrected chi connectivity index (χ0v) is 8.43. The SMILES string of the molecule is CC(C)[C@@]1(O)CC[C@]2(C)C[C@@H]2C1. The van der Waals surface area contributed by atoms with E-state index in [1.807, 2.05) is 0 Å². The van der Waals surface area contributed by atoms with Gasteiger partial charge in [-0.3, -0.25) is 0 Å². The summed E-state index contributed by atoms with van der Waals surface area (Å²) >= 11 is 0. The van der Waals surface area contributed by atoms with E-state index >= 15 is 0 Å². The molecule has 0 aliphatic heterocycles. The van der Waals surface area contributed by atoms with Crippen molar-refractivity contribution in [3.05, 3.63) is 0 Å². The van der Waals surface area contributed by atoms with Crippen LogP contribution < -0.4 is 0 Å². The van der Waals surface area contributed by atoms with Crippen LogP contribution in [-0.2, 0) is 0 Å². The number of fused-ring (bicyclic) bond motifs is 1. The molecular weight excluding hydrogens is 148 g/mol. The van der Waals surface area contributed by atoms with Crippen LogP contribution in [0.1, 0.15) is 46.5 Å². The van der Waals surface area contributed by atoms with E-state index in [-0.39, 0.29) is 5.60 Å². The second kappa shape index (κ2) is 2.25. The van der Waals surface area contributed by atoms with Crippen molar-refractivity contribution in [2.45, 2.75) is 52.1 Å². The van der Waals surface area contributed by atoms with E-state index in [1.54, 1.807) is 0 Å². The van der Waals surface area contributed by atoms with Crippen molar-refractivity contribution in [1.29, 1.82) is 0 Å². The monoisotopic (exact) mass is 168 g/mol. The summed E-state index contributed by atoms with van der Waals surface area (Å²) < 4.78 is 0. The summed E-state index contributed by atoms with van der Waals surface area (Å²) in [5.41, 5.74) is 0.293. The normalized spacial score (nSPS) is 52.2. The van der Waals surface area contributed by atoms with Crippen molar-refractivity contribution < 1.29 is 5.11 Å². The molecule has 2 rings (SSSR count). The summed E-state index contributed by atoms with van der Waals surface area (Å²) in [6.45, 7) is 6.66. The van der Waals surface area contributed by atoms with Gasteiger partial charge in [0.15, 0.2) is 0 Å². The number of hydrogen-bond acceptors (Lipinski definition) is 1. The Hall–Kier alpha value is -0.0400. The summed E-state index contributed by atoms with van der Waals surface area (Å²) in [6.07, 6.45) is 4.69. The molecule has 0 aromatic heterocycles. The molecule has 2 saturated carbocycles. The molecule has 0 aromatic carbocycles. The summed E-state index contributed by atoms with van der Waals surface area (Å²) in [4.78, 5) is 0. The Kier molecular flexibility index (Phi) is 1.61. The van der Waals surface area contributed by atoms with Gasteiger partial charge in [-0.2, -0.15) is 0 Å². The lowest BCUT2D eigenvalue weighted by Crippen LogP contribution is -2.39. The van der Waals surface area contributed by atoms with Crippen molar-refractivity contribution in [3.63, 3.8) is 0 Å². The highest BCUT2D eigenvalue weighted by Gasteiger charge is 2.57. The molecule has 0 spiro atoms. The van der Waals surface area contributed by atoms with E-state index in [0.29, 0.717) is 11.3 Å². The van der Waals surface area contributed by atoms with Gasteiger partial charge in [0.1, 0.15) is 0 Å². The number of hydrogen-bond donors (Lipinski definition) is 1. The third-order valence-corrected chi connectivity index (χ3v) is 4.34. The Morgan fingerprint density at radius 2 is 1.92 bits per heavy atom. The summed E-state index contributed by atoms with van der Waals surface area (Å²) in [5.74, 6) is 1.27. The molecule has 0 saturated heterocycles. The molecule has 2 fully saturated rings. The van der Waals surface area contributed by atoms with Crippen molar-refractivity contribution in [2.75, 3.05) is 0 Å². The Morgan fingerprint density at radius 1 is 1.25 bits per heavy atom. The summed E-state index contributed by atoms with van der Waals surface area (Å²) in [5, 5.41) is 10.3. The number of aliphatic hydroxyl groups is 1. The summed E-state index contributed by atoms with van der Waals surface area (Å²) in [6, 6.07) is 0. The highest BCUT2D eigenvalue weighted by atomic mass is 16.3. The fourth-order valence-electron chi connectivity index (χ4n) is 2.68. The third kappa shape index (κ3) is 1.10. The lowest BCUT2D eigenvalue weighted by Gasteiger charge is -2.37. The van der Waals surface area contributed by atoms with Gasteiger partial charge in [-0.05, 0) is 42.9 Å². The van der Waals surface area contributed by atoms with E-state index in [9.17, 15) is 5.11 Å². The molecule has 1 N–H and O–H groups in total. The van der Waals surface area contributed by atoms with Crippen LogP contribution in [0.2, 0.25) is 0 Å². The van der Waals surface area contributed by atoms with Crippen LogP contribution in [0.4, 0.5) is 0 Å². The molecule has 0 heterocycles. The second-order valence-corrected chi connectivity index (χ2v) is 5.52. The first-order valence-corrected chi connectivity index (χ1v) is 5.19. The maximum atomic E-state index is 10.3. The Labute approximate surface area is 75.2 Å². The van der Waals surface area contributed by atoms with Gasteiger partial charge in [0.2, 0.25) is 0 Å². The fourth-order valence-corrected chi connectivity index (χ4v) is 2.68. The van der Waals surface area contributed by atoms with Crippen LogP contribution in [-0.4, -0.2) is 10.7 Å². The maximum absolute atomic E-state index is 10.3. The minimum absolute atomic E-state index is 0.333. The first-order chi connectivity index (χ1) is 5.46. The van der Waals surface area contributed by atoms with Crippen LogP contribution >= 0.6 is 0 Å². The standard InChI is InChI=1S/C11H20O/c1-8(2)11(12)5-4-10(3)6-9(10)7-11/h8-9,12H,4-7H2,1-3H3/t9-,10-,11-/m1/s1. The van der Waals surface area contributed by atoms with Gasteiger partial charge < -0.3 is 5.11 Å². The zero-order chi connectivity index (χ0) is 8.98. The van der Waals surface area contributed by atoms with E-state index in [1.165, 1.54) is 12.8 Å². The molecule has 2 aliphatic rings. The molecular formula is C11H20O. The summed E-state index contributed by atoms with van der Waals surface area (Å²) in [7, 11) is 0. The van der Waals surface area contributed by atoms with Crippen LogP contribution in [0.3, 0.4) is 0 Å². The lowest BCUT2D eigenvalue weighted by molar-refractivity contribution is -0.0482. The van der Waals surface area contributed by atoms with E-state index in [0.717, 1.165) is 18.8 Å². The van der Waals surface area contributed by atoms with Gasteiger partial charge in [0, 0.05) is 0 Å². The van der Waals surface area contributed by atoms with Gasteiger partial charge in [-0.1, -0.05) is 20.8 Å². The van der Waals surface area contributed by atoms with Gasteiger partial charge in [-0.25, -0.2) is 0 Å². The lowest BCUT2D eigenvalue weighted by atomic mass is 9.74. The second-order valence-electron chi connectivity index (χ2n) is 5.52. The average molecular weight is 168 g/mol. The average Bonchev–Trinajstić information content (AvgIpc) is 2.60. The first-order valence-electron chi connectivity index (χ1n) is 5.19. The van der Waals surface area contributed by atoms with E-state index < -0.39 is 0 Å². The van der Waals surface area contributed by atoms with Gasteiger partial charge >= 0.3 is 0 Å². The van der Waals surface area contributed by atoms with E-state index in [2.05, 4.69) is 20.8 Å². The molecule has 0 bridgehead atoms. The first kappa shape index (κ1) is 8.55. The van der Waals surface area contributed by atoms with Crippen molar-refractivity contribution >= 4 is 0 Å². The highest BCUT2D eigenvalue weighted by Crippen LogP contribution is 2.63. The molecule has 0 radical (unpaired) electrons. The molecule has 12 heavy (non-hydrogen) atoms. The molecule has 1 heteroatoms. The van der Waals surface area contributed by atoms with Crippen LogP contribution in [0, 0.1) is 17.3 Å². The predicted octanol–water partition coefficient (Wildman–Crippen LogP) is 2.58. The largest absolute Gasteiger partial charge is 0.390 e. The van der Waals surface area contributed by atoms with Crippen molar-refractivity contribution in [2.24, 2.45) is 17.3 Å². The molecule has 2 aliphatic carbocycles. The Morgan fingerprint density at radius 3 is 2.42 bits per heavy atom. The number of rotatable bonds is 1. The smallest absolute Gasteiger partial charge is 0.0673 e. The van der Waals surface area contributed by atoms with Gasteiger partial charge in [0.05, 0.1) is 5.60 Å². The van der Waals surface area contributed by atoms with Crippen LogP contribution in [0.25, 0.3) is 0 Å². The maximum Gasteiger partial charge on any atom is 0.0673 e. The Bertz CT molecular complexity index is 199. The minimum Gasteiger partial charge on any atom is -0.390 e. The molecule has 70 valence electrons. The van der Waals surface area contributed by atoms with Gasteiger partial charge in [0.25, 0.3) is 0 Å². The highest BCUT2D eigenvalue weighted by molar-refractivity contribution is 5.07. The fraction of sp³-hybridized carbons (Fsp3) is 1.00. The van der Waals surface area contributed by atoms with E-state index in [4.69, 9.17) is 0 Å². The molecule has 0 unspecified atom stereocenters. The molecule has 0 aromatic rings. The molecule has 3 atom stereocenters. The van der Waals surface area contributed by atoms with Gasteiger partial charge in [-0.15, -0.1) is 0 Å². The van der Waals surface area contributed by atoms with Crippen LogP contribution in [0.15, 0.2) is 0 Å². The van der Waals surface area contributed by atoms with Crippen molar-refractivity contribution in [3.8, 4) is 0 Å². The third-order valence-electron chi connectivity index (χ3n) is 4.34. The predicted molar refractivity (Wildman–Crippen MR) is 49.9 cm³/mol.